The van der Waals surface area contributed by atoms with Crippen molar-refractivity contribution in [2.45, 2.75) is 19.8 Å². The van der Waals surface area contributed by atoms with E-state index in [9.17, 15) is 19.5 Å². The molecule has 2 heterocycles. The van der Waals surface area contributed by atoms with Gasteiger partial charge in [0.2, 0.25) is 5.91 Å². The summed E-state index contributed by atoms with van der Waals surface area (Å²) in [5, 5.41) is 14.1. The van der Waals surface area contributed by atoms with Crippen molar-refractivity contribution in [1.82, 2.24) is 20.6 Å². The summed E-state index contributed by atoms with van der Waals surface area (Å²) in [6, 6.07) is 14.1. The summed E-state index contributed by atoms with van der Waals surface area (Å²) in [4.78, 5) is 38.6. The minimum atomic E-state index is -0.749. The van der Waals surface area contributed by atoms with Gasteiger partial charge in [0.05, 0.1) is 11.9 Å². The number of carbonyl (C=O) groups is 3. The van der Waals surface area contributed by atoms with Crippen LogP contribution < -0.4 is 15.8 Å². The molecule has 1 aliphatic heterocycles. The number of benzene rings is 2. The van der Waals surface area contributed by atoms with Crippen molar-refractivity contribution in [3.8, 4) is 11.4 Å². The highest BCUT2D eigenvalue weighted by molar-refractivity contribution is 6.00. The second-order valence-electron chi connectivity index (χ2n) is 7.04. The van der Waals surface area contributed by atoms with Crippen molar-refractivity contribution < 1.29 is 19.5 Å². The van der Waals surface area contributed by atoms with E-state index in [1.54, 1.807) is 35.2 Å². The van der Waals surface area contributed by atoms with E-state index in [1.807, 2.05) is 25.1 Å². The number of hydrogen-bond acceptors (Lipinski definition) is 5. The van der Waals surface area contributed by atoms with E-state index in [0.717, 1.165) is 11.3 Å². The van der Waals surface area contributed by atoms with Crippen LogP contribution in [0.3, 0.4) is 0 Å². The predicted octanol–water partition coefficient (Wildman–Crippen LogP) is 1.95. The summed E-state index contributed by atoms with van der Waals surface area (Å²) in [6.07, 6.45) is 2.40. The highest BCUT2D eigenvalue weighted by atomic mass is 16.3. The Hall–Kier alpha value is -4.14. The van der Waals surface area contributed by atoms with Crippen LogP contribution in [0.1, 0.15) is 39.8 Å². The van der Waals surface area contributed by atoms with E-state index in [1.165, 1.54) is 10.9 Å². The molecule has 158 valence electrons. The zero-order valence-electron chi connectivity index (χ0n) is 16.8. The molecule has 3 amide bonds. The number of anilines is 1. The molecule has 3 N–H and O–H groups in total. The van der Waals surface area contributed by atoms with E-state index < -0.39 is 11.8 Å². The summed E-state index contributed by atoms with van der Waals surface area (Å²) in [5.41, 5.74) is 7.12. The SMILES string of the molecule is CCC(=O)N1CCc2cc(C(=O)NNC(=O)c3nn(-c4ccccc4)cc3O)ccc21. The summed E-state index contributed by atoms with van der Waals surface area (Å²) in [6.45, 7) is 2.40. The van der Waals surface area contributed by atoms with Gasteiger partial charge in [-0.2, -0.15) is 5.10 Å². The molecule has 9 heteroatoms. The fraction of sp³-hybridized carbons (Fsp3) is 0.182. The van der Waals surface area contributed by atoms with E-state index in [0.29, 0.717) is 30.6 Å². The predicted molar refractivity (Wildman–Crippen MR) is 113 cm³/mol. The molecule has 4 rings (SSSR count). The molecule has 9 nitrogen and oxygen atoms in total. The summed E-state index contributed by atoms with van der Waals surface area (Å²) < 4.78 is 1.37. The molecular weight excluding hydrogens is 398 g/mol. The summed E-state index contributed by atoms with van der Waals surface area (Å²) in [7, 11) is 0. The molecule has 0 radical (unpaired) electrons. The van der Waals surface area contributed by atoms with Crippen molar-refractivity contribution in [2.75, 3.05) is 11.4 Å². The molecule has 0 bridgehead atoms. The van der Waals surface area contributed by atoms with Crippen LogP contribution in [0.25, 0.3) is 5.69 Å². The lowest BCUT2D eigenvalue weighted by atomic mass is 10.1. The third-order valence-electron chi connectivity index (χ3n) is 5.06. The van der Waals surface area contributed by atoms with E-state index >= 15 is 0 Å². The number of nitrogens with zero attached hydrogens (tertiary/aromatic N) is 3. The van der Waals surface area contributed by atoms with Crippen molar-refractivity contribution in [1.29, 1.82) is 0 Å². The Morgan fingerprint density at radius 3 is 2.55 bits per heavy atom. The molecule has 2 aromatic carbocycles. The number of fused-ring (bicyclic) bond motifs is 1. The maximum absolute atomic E-state index is 12.5. The number of carbonyl (C=O) groups excluding carboxylic acids is 3. The zero-order chi connectivity index (χ0) is 22.0. The number of para-hydroxylation sites is 1. The molecule has 0 saturated carbocycles. The quantitative estimate of drug-likeness (QED) is 0.559. The lowest BCUT2D eigenvalue weighted by Crippen LogP contribution is -2.41. The average molecular weight is 419 g/mol. The minimum Gasteiger partial charge on any atom is -0.504 e. The Balaban J connectivity index is 1.42. The summed E-state index contributed by atoms with van der Waals surface area (Å²) >= 11 is 0. The van der Waals surface area contributed by atoms with Crippen molar-refractivity contribution >= 4 is 23.4 Å². The fourth-order valence-electron chi connectivity index (χ4n) is 3.48. The van der Waals surface area contributed by atoms with Crippen molar-refractivity contribution in [3.05, 3.63) is 71.5 Å². The van der Waals surface area contributed by atoms with Gasteiger partial charge in [-0.3, -0.25) is 25.2 Å². The molecular formula is C22H21N5O4. The average Bonchev–Trinajstić information content (AvgIpc) is 3.40. The van der Waals surface area contributed by atoms with Crippen LogP contribution in [0, 0.1) is 0 Å². The van der Waals surface area contributed by atoms with Crippen LogP contribution in [-0.4, -0.2) is 39.2 Å². The number of amides is 3. The topological polar surface area (TPSA) is 117 Å². The van der Waals surface area contributed by atoms with Crippen LogP contribution in [0.2, 0.25) is 0 Å². The third kappa shape index (κ3) is 3.97. The van der Waals surface area contributed by atoms with Gasteiger partial charge in [0, 0.05) is 24.2 Å². The van der Waals surface area contributed by atoms with E-state index in [4.69, 9.17) is 0 Å². The normalized spacial score (nSPS) is 12.4. The highest BCUT2D eigenvalue weighted by Gasteiger charge is 2.24. The van der Waals surface area contributed by atoms with Crippen molar-refractivity contribution in [2.24, 2.45) is 0 Å². The van der Waals surface area contributed by atoms with Crippen LogP contribution in [0.5, 0.6) is 5.75 Å². The standard InChI is InChI=1S/C22H21N5O4/c1-2-19(29)26-11-10-14-12-15(8-9-17(14)26)21(30)23-24-22(31)20-18(28)13-27(25-20)16-6-4-3-5-7-16/h3-9,12-13,28H,2,10-11H2,1H3,(H,23,30)(H,24,31). The second-order valence-corrected chi connectivity index (χ2v) is 7.04. The second kappa shape index (κ2) is 8.31. The number of hydrogen-bond donors (Lipinski definition) is 3. The lowest BCUT2D eigenvalue weighted by molar-refractivity contribution is -0.118. The maximum Gasteiger partial charge on any atom is 0.294 e. The van der Waals surface area contributed by atoms with Gasteiger partial charge in [-0.1, -0.05) is 25.1 Å². The van der Waals surface area contributed by atoms with Crippen LogP contribution in [-0.2, 0) is 11.2 Å². The molecule has 0 atom stereocenters. The molecule has 0 unspecified atom stereocenters. The van der Waals surface area contributed by atoms with Crippen LogP contribution in [0.4, 0.5) is 5.69 Å². The number of rotatable bonds is 4. The highest BCUT2D eigenvalue weighted by Crippen LogP contribution is 2.29. The van der Waals surface area contributed by atoms with Gasteiger partial charge in [-0.25, -0.2) is 4.68 Å². The molecule has 1 aliphatic rings. The van der Waals surface area contributed by atoms with E-state index in [-0.39, 0.29) is 17.4 Å². The Bertz CT molecular complexity index is 1160. The Labute approximate surface area is 178 Å². The van der Waals surface area contributed by atoms with Gasteiger partial charge in [0.1, 0.15) is 0 Å². The molecule has 0 spiro atoms. The zero-order valence-corrected chi connectivity index (χ0v) is 16.8. The number of aromatic hydroxyl groups is 1. The maximum atomic E-state index is 12.5. The van der Waals surface area contributed by atoms with Gasteiger partial charge in [-0.15, -0.1) is 0 Å². The molecule has 0 saturated heterocycles. The number of nitrogens with one attached hydrogen (secondary N) is 2. The van der Waals surface area contributed by atoms with Gasteiger partial charge in [0.15, 0.2) is 11.4 Å². The Morgan fingerprint density at radius 2 is 1.81 bits per heavy atom. The first-order chi connectivity index (χ1) is 15.0. The minimum absolute atomic E-state index is 0.0398. The number of hydrazine groups is 1. The van der Waals surface area contributed by atoms with Crippen LogP contribution in [0.15, 0.2) is 54.7 Å². The van der Waals surface area contributed by atoms with Crippen LogP contribution >= 0.6 is 0 Å². The van der Waals surface area contributed by atoms with E-state index in [2.05, 4.69) is 16.0 Å². The molecule has 0 aliphatic carbocycles. The molecule has 1 aromatic heterocycles. The first-order valence-corrected chi connectivity index (χ1v) is 9.86. The first kappa shape index (κ1) is 20.1. The largest absolute Gasteiger partial charge is 0.504 e. The molecule has 3 aromatic rings. The van der Waals surface area contributed by atoms with Crippen molar-refractivity contribution in [3.63, 3.8) is 0 Å². The van der Waals surface area contributed by atoms with Gasteiger partial charge in [-0.05, 0) is 42.3 Å². The monoisotopic (exact) mass is 419 g/mol. The third-order valence-corrected chi connectivity index (χ3v) is 5.06. The molecule has 0 fully saturated rings. The number of aromatic nitrogens is 2. The van der Waals surface area contributed by atoms with Gasteiger partial charge >= 0.3 is 0 Å². The summed E-state index contributed by atoms with van der Waals surface area (Å²) in [5.74, 6) is -1.54. The Morgan fingerprint density at radius 1 is 1.06 bits per heavy atom. The lowest BCUT2D eigenvalue weighted by Gasteiger charge is -2.16. The molecule has 31 heavy (non-hydrogen) atoms. The first-order valence-electron chi connectivity index (χ1n) is 9.86. The fourth-order valence-corrected chi connectivity index (χ4v) is 3.48. The Kier molecular flexibility index (Phi) is 5.40. The smallest absolute Gasteiger partial charge is 0.294 e. The van der Waals surface area contributed by atoms with Gasteiger partial charge < -0.3 is 10.0 Å². The van der Waals surface area contributed by atoms with Gasteiger partial charge in [0.25, 0.3) is 11.8 Å².